The van der Waals surface area contributed by atoms with Gasteiger partial charge in [0.2, 0.25) is 5.13 Å². The molecule has 12 nitrogen and oxygen atoms in total. The van der Waals surface area contributed by atoms with Gasteiger partial charge in [0.05, 0.1) is 34.2 Å². The Morgan fingerprint density at radius 3 is 2.51 bits per heavy atom. The van der Waals surface area contributed by atoms with Crippen molar-refractivity contribution < 1.29 is 9.53 Å². The second-order valence-corrected chi connectivity index (χ2v) is 13.9. The third-order valence-corrected chi connectivity index (χ3v) is 9.12. The van der Waals surface area contributed by atoms with Gasteiger partial charge < -0.3 is 19.9 Å². The Labute approximate surface area is 267 Å². The lowest BCUT2D eigenvalue weighted by Gasteiger charge is -2.42. The molecule has 0 saturated carbocycles. The molecule has 6 rings (SSSR count). The molecule has 13 heteroatoms. The van der Waals surface area contributed by atoms with Crippen LogP contribution in [0.2, 0.25) is 0 Å². The van der Waals surface area contributed by atoms with Gasteiger partial charge in [-0.3, -0.25) is 9.88 Å². The van der Waals surface area contributed by atoms with Crippen LogP contribution in [0.25, 0.3) is 27.5 Å². The van der Waals surface area contributed by atoms with E-state index in [0.29, 0.717) is 11.6 Å². The first-order valence-corrected chi connectivity index (χ1v) is 16.4. The van der Waals surface area contributed by atoms with Crippen LogP contribution in [0.15, 0.2) is 36.7 Å². The van der Waals surface area contributed by atoms with Gasteiger partial charge in [-0.05, 0) is 71.7 Å². The summed E-state index contributed by atoms with van der Waals surface area (Å²) in [7, 11) is 0. The highest BCUT2D eigenvalue weighted by molar-refractivity contribution is 7.18. The minimum absolute atomic E-state index is 0.204. The smallest absolute Gasteiger partial charge is 0.410 e. The number of piperidine rings is 1. The molecular weight excluding hydrogens is 588 g/mol. The Bertz CT molecular complexity index is 1700. The Morgan fingerprint density at radius 1 is 1.07 bits per heavy atom. The second-order valence-electron chi connectivity index (χ2n) is 12.9. The normalized spacial score (nSPS) is 16.7. The summed E-state index contributed by atoms with van der Waals surface area (Å²) in [5.74, 6) is 0. The molecule has 4 aromatic heterocycles. The summed E-state index contributed by atoms with van der Waals surface area (Å²) in [4.78, 5) is 24.0. The molecule has 45 heavy (non-hydrogen) atoms. The molecule has 236 valence electrons. The number of aromatic nitrogens is 5. The standard InChI is InChI=1S/C32H40N10O2S/c1-21(2)36-26-17-27(28-7-6-24-16-22(18-33)19-35-42(24)28)34-20-25(26)29-37-38-30(45-29)40-14-12-39(13-15-40)23-8-10-41(11-9-23)31(43)44-32(3,4)5/h6-7,16-17,19-21,23H,8-15H2,1-5H3,(H,34,36). The van der Waals surface area contributed by atoms with Crippen LogP contribution in [0.1, 0.15) is 53.0 Å². The molecule has 0 radical (unpaired) electrons. The molecule has 2 fully saturated rings. The van der Waals surface area contributed by atoms with Crippen molar-refractivity contribution in [2.45, 2.75) is 65.1 Å². The predicted molar refractivity (Wildman–Crippen MR) is 175 cm³/mol. The number of carbonyl (C=O) groups is 1. The predicted octanol–water partition coefficient (Wildman–Crippen LogP) is 5.13. The average Bonchev–Trinajstić information content (AvgIpc) is 3.68. The number of rotatable bonds is 6. The van der Waals surface area contributed by atoms with Crippen molar-refractivity contribution in [1.29, 1.82) is 5.26 Å². The van der Waals surface area contributed by atoms with E-state index < -0.39 is 5.60 Å². The van der Waals surface area contributed by atoms with Crippen molar-refractivity contribution in [3.8, 4) is 28.0 Å². The number of hydrogen-bond donors (Lipinski definition) is 1. The Kier molecular flexibility index (Phi) is 8.61. The van der Waals surface area contributed by atoms with Crippen LogP contribution >= 0.6 is 11.3 Å². The lowest BCUT2D eigenvalue weighted by atomic mass is 10.0. The Hall–Kier alpha value is -4.28. The van der Waals surface area contributed by atoms with Gasteiger partial charge >= 0.3 is 6.09 Å². The number of nitriles is 1. The first-order chi connectivity index (χ1) is 21.6. The molecule has 2 aliphatic rings. The number of hydrogen-bond acceptors (Lipinski definition) is 11. The number of ether oxygens (including phenoxy) is 1. The Morgan fingerprint density at radius 2 is 1.82 bits per heavy atom. The summed E-state index contributed by atoms with van der Waals surface area (Å²) in [6.45, 7) is 15.1. The molecule has 0 spiro atoms. The molecule has 0 aliphatic carbocycles. The molecule has 1 amide bonds. The van der Waals surface area contributed by atoms with Crippen molar-refractivity contribution in [2.24, 2.45) is 0 Å². The molecule has 2 aliphatic heterocycles. The quantitative estimate of drug-likeness (QED) is 0.307. The number of anilines is 2. The fraction of sp³-hybridized carbons (Fsp3) is 0.500. The molecule has 1 N–H and O–H groups in total. The first-order valence-electron chi connectivity index (χ1n) is 15.5. The number of nitrogens with zero attached hydrogens (tertiary/aromatic N) is 9. The largest absolute Gasteiger partial charge is 0.444 e. The molecule has 6 heterocycles. The zero-order chi connectivity index (χ0) is 31.7. The van der Waals surface area contributed by atoms with E-state index in [9.17, 15) is 10.1 Å². The van der Waals surface area contributed by atoms with Gasteiger partial charge in [0.1, 0.15) is 11.7 Å². The summed E-state index contributed by atoms with van der Waals surface area (Å²) in [6.07, 6.45) is 5.14. The van der Waals surface area contributed by atoms with Crippen LogP contribution in [0.5, 0.6) is 0 Å². The topological polar surface area (TPSA) is 128 Å². The molecule has 0 unspecified atom stereocenters. The summed E-state index contributed by atoms with van der Waals surface area (Å²) >= 11 is 1.59. The summed E-state index contributed by atoms with van der Waals surface area (Å²) < 4.78 is 7.36. The number of nitrogens with one attached hydrogen (secondary N) is 1. The molecular formula is C32H40N10O2S. The number of piperazine rings is 1. The van der Waals surface area contributed by atoms with Gasteiger partial charge in [0.25, 0.3) is 0 Å². The van der Waals surface area contributed by atoms with Crippen LogP contribution in [-0.2, 0) is 4.74 Å². The fourth-order valence-corrected chi connectivity index (χ4v) is 6.84. The number of fused-ring (bicyclic) bond motifs is 1. The van der Waals surface area contributed by atoms with Crippen molar-refractivity contribution in [1.82, 2.24) is 34.6 Å². The van der Waals surface area contributed by atoms with Gasteiger partial charge in [0.15, 0.2) is 5.01 Å². The van der Waals surface area contributed by atoms with Crippen LogP contribution in [0.3, 0.4) is 0 Å². The lowest BCUT2D eigenvalue weighted by molar-refractivity contribution is 0.0140. The van der Waals surface area contributed by atoms with E-state index in [-0.39, 0.29) is 12.1 Å². The van der Waals surface area contributed by atoms with Gasteiger partial charge in [-0.2, -0.15) is 10.4 Å². The summed E-state index contributed by atoms with van der Waals surface area (Å²) in [5, 5.41) is 28.2. The molecule has 0 aromatic carbocycles. The summed E-state index contributed by atoms with van der Waals surface area (Å²) in [6, 6.07) is 10.6. The highest BCUT2D eigenvalue weighted by atomic mass is 32.1. The van der Waals surface area contributed by atoms with Gasteiger partial charge in [0, 0.05) is 63.2 Å². The lowest BCUT2D eigenvalue weighted by Crippen LogP contribution is -2.54. The van der Waals surface area contributed by atoms with Crippen molar-refractivity contribution in [2.75, 3.05) is 49.5 Å². The van der Waals surface area contributed by atoms with E-state index in [1.807, 2.05) is 56.1 Å². The maximum absolute atomic E-state index is 12.5. The molecule has 4 aromatic rings. The average molecular weight is 629 g/mol. The first kappa shape index (κ1) is 30.7. The summed E-state index contributed by atoms with van der Waals surface area (Å²) in [5.41, 5.74) is 4.36. The van der Waals surface area contributed by atoms with E-state index in [1.54, 1.807) is 22.0 Å². The molecule has 2 saturated heterocycles. The zero-order valence-corrected chi connectivity index (χ0v) is 27.3. The van der Waals surface area contributed by atoms with E-state index in [2.05, 4.69) is 50.3 Å². The third-order valence-electron chi connectivity index (χ3n) is 8.10. The Balaban J connectivity index is 1.11. The highest BCUT2D eigenvalue weighted by Crippen LogP contribution is 2.36. The number of likely N-dealkylation sites (tertiary alicyclic amines) is 1. The number of carbonyl (C=O) groups excluding carboxylic acids is 1. The van der Waals surface area contributed by atoms with Gasteiger partial charge in [-0.25, -0.2) is 9.31 Å². The highest BCUT2D eigenvalue weighted by Gasteiger charge is 2.31. The van der Waals surface area contributed by atoms with E-state index in [0.717, 1.165) is 90.4 Å². The monoisotopic (exact) mass is 628 g/mol. The van der Waals surface area contributed by atoms with Crippen LogP contribution in [0.4, 0.5) is 15.6 Å². The van der Waals surface area contributed by atoms with Crippen molar-refractivity contribution in [3.05, 3.63) is 42.2 Å². The fourth-order valence-electron chi connectivity index (χ4n) is 5.92. The van der Waals surface area contributed by atoms with E-state index in [4.69, 9.17) is 9.72 Å². The molecule has 0 atom stereocenters. The van der Waals surface area contributed by atoms with Crippen molar-refractivity contribution in [3.63, 3.8) is 0 Å². The SMILES string of the molecule is CC(C)Nc1cc(-c2ccc3cc(C#N)cnn23)ncc1-c1nnc(N2CCN(C3CCN(C(=O)OC(C)(C)C)CC3)CC2)s1. The van der Waals surface area contributed by atoms with Crippen LogP contribution in [0, 0.1) is 11.3 Å². The number of pyridine rings is 1. The minimum Gasteiger partial charge on any atom is -0.444 e. The zero-order valence-electron chi connectivity index (χ0n) is 26.5. The maximum Gasteiger partial charge on any atom is 0.410 e. The van der Waals surface area contributed by atoms with Crippen LogP contribution < -0.4 is 10.2 Å². The third kappa shape index (κ3) is 6.87. The van der Waals surface area contributed by atoms with Gasteiger partial charge in [-0.15, -0.1) is 10.2 Å². The van der Waals surface area contributed by atoms with E-state index in [1.165, 1.54) is 0 Å². The molecule has 0 bridgehead atoms. The minimum atomic E-state index is -0.470. The number of amides is 1. The maximum atomic E-state index is 12.5. The van der Waals surface area contributed by atoms with Crippen molar-refractivity contribution >= 4 is 33.8 Å². The van der Waals surface area contributed by atoms with Gasteiger partial charge in [-0.1, -0.05) is 11.3 Å². The second kappa shape index (κ2) is 12.6. The van der Waals surface area contributed by atoms with Crippen LogP contribution in [-0.4, -0.2) is 97.6 Å². The van der Waals surface area contributed by atoms with E-state index >= 15 is 0 Å².